The number of carbonyl (C=O) groups is 1. The number of ether oxygens (including phenoxy) is 2. The molecule has 4 rings (SSSR count). The maximum absolute atomic E-state index is 14.8. The lowest BCUT2D eigenvalue weighted by Crippen LogP contribution is -2.64. The lowest BCUT2D eigenvalue weighted by atomic mass is 10.00. The molecule has 2 fully saturated rings. The Bertz CT molecular complexity index is 1150. The SMILES string of the molecule is Cc1[nH]c(=O)c2c(O[C@@H](C)C3NCC4CC[C@@H]3N4C(=O)OC(C)(C)C)nc(Cl)c(F)c2c1C. The molecule has 2 aliphatic heterocycles. The van der Waals surface area contributed by atoms with Gasteiger partial charge in [0.05, 0.1) is 12.1 Å². The molecule has 0 saturated carbocycles. The molecular weight excluding hydrogens is 451 g/mol. The Morgan fingerprint density at radius 3 is 2.64 bits per heavy atom. The van der Waals surface area contributed by atoms with Crippen LogP contribution in [0.15, 0.2) is 4.79 Å². The summed E-state index contributed by atoms with van der Waals surface area (Å²) in [5.74, 6) is -0.775. The zero-order valence-corrected chi connectivity index (χ0v) is 20.5. The van der Waals surface area contributed by atoms with E-state index in [-0.39, 0.29) is 46.0 Å². The van der Waals surface area contributed by atoms with Crippen LogP contribution in [0.1, 0.15) is 51.8 Å². The molecule has 1 amide bonds. The van der Waals surface area contributed by atoms with Gasteiger partial charge < -0.3 is 19.8 Å². The molecule has 0 spiro atoms. The number of fused-ring (bicyclic) bond motifs is 3. The minimum Gasteiger partial charge on any atom is -0.472 e. The van der Waals surface area contributed by atoms with E-state index in [0.29, 0.717) is 17.8 Å². The zero-order valence-electron chi connectivity index (χ0n) is 19.7. The minimum absolute atomic E-state index is 0.0240. The number of pyridine rings is 2. The maximum Gasteiger partial charge on any atom is 0.410 e. The van der Waals surface area contributed by atoms with Crippen molar-refractivity contribution in [2.45, 2.75) is 84.2 Å². The van der Waals surface area contributed by atoms with Gasteiger partial charge in [-0.15, -0.1) is 0 Å². The summed E-state index contributed by atoms with van der Waals surface area (Å²) >= 11 is 6.06. The normalized spacial score (nSPS) is 23.6. The van der Waals surface area contributed by atoms with E-state index in [1.54, 1.807) is 18.7 Å². The third-order valence-corrected chi connectivity index (χ3v) is 6.74. The van der Waals surface area contributed by atoms with Crippen LogP contribution in [-0.2, 0) is 4.74 Å². The summed E-state index contributed by atoms with van der Waals surface area (Å²) in [5, 5.41) is 3.23. The third-order valence-electron chi connectivity index (χ3n) is 6.49. The van der Waals surface area contributed by atoms with E-state index in [9.17, 15) is 14.0 Å². The summed E-state index contributed by atoms with van der Waals surface area (Å²) < 4.78 is 26.6. The smallest absolute Gasteiger partial charge is 0.410 e. The predicted octanol–water partition coefficient (Wildman–Crippen LogP) is 3.84. The Labute approximate surface area is 196 Å². The lowest BCUT2D eigenvalue weighted by Gasteiger charge is -2.43. The molecule has 4 heterocycles. The number of amides is 1. The van der Waals surface area contributed by atoms with Gasteiger partial charge in [-0.25, -0.2) is 9.18 Å². The number of aromatic amines is 1. The van der Waals surface area contributed by atoms with Gasteiger partial charge in [0.25, 0.3) is 5.56 Å². The van der Waals surface area contributed by atoms with Crippen LogP contribution in [0.25, 0.3) is 10.8 Å². The van der Waals surface area contributed by atoms with Crippen molar-refractivity contribution in [1.29, 1.82) is 0 Å². The minimum atomic E-state index is -0.746. The molecule has 0 aromatic carbocycles. The van der Waals surface area contributed by atoms with Crippen molar-refractivity contribution >= 4 is 28.5 Å². The Balaban J connectivity index is 1.66. The number of halogens is 2. The molecule has 2 saturated heterocycles. The molecule has 0 aliphatic carbocycles. The first kappa shape index (κ1) is 23.8. The van der Waals surface area contributed by atoms with Gasteiger partial charge in [-0.05, 0) is 59.9 Å². The summed E-state index contributed by atoms with van der Waals surface area (Å²) in [4.78, 5) is 34.2. The molecule has 2 aromatic heterocycles. The number of rotatable bonds is 3. The molecule has 0 radical (unpaired) electrons. The van der Waals surface area contributed by atoms with Gasteiger partial charge in [-0.2, -0.15) is 4.98 Å². The van der Waals surface area contributed by atoms with Gasteiger partial charge >= 0.3 is 6.09 Å². The van der Waals surface area contributed by atoms with E-state index in [2.05, 4.69) is 15.3 Å². The Morgan fingerprint density at radius 1 is 1.27 bits per heavy atom. The van der Waals surface area contributed by atoms with E-state index in [1.807, 2.05) is 27.7 Å². The zero-order chi connectivity index (χ0) is 24.2. The molecule has 8 nitrogen and oxygen atoms in total. The maximum atomic E-state index is 14.8. The largest absolute Gasteiger partial charge is 0.472 e. The topological polar surface area (TPSA) is 96.6 Å². The second kappa shape index (κ2) is 8.43. The van der Waals surface area contributed by atoms with Crippen LogP contribution in [-0.4, -0.2) is 57.3 Å². The average molecular weight is 481 g/mol. The second-order valence-electron chi connectivity index (χ2n) is 9.92. The van der Waals surface area contributed by atoms with Gasteiger partial charge in [0, 0.05) is 23.7 Å². The van der Waals surface area contributed by atoms with E-state index >= 15 is 0 Å². The summed E-state index contributed by atoms with van der Waals surface area (Å²) in [5.41, 5.74) is 0.0244. The summed E-state index contributed by atoms with van der Waals surface area (Å²) in [7, 11) is 0. The number of H-pyrrole nitrogens is 1. The van der Waals surface area contributed by atoms with Crippen LogP contribution >= 0.6 is 11.6 Å². The van der Waals surface area contributed by atoms with Crippen LogP contribution in [0.4, 0.5) is 9.18 Å². The molecule has 4 atom stereocenters. The van der Waals surface area contributed by atoms with Crippen LogP contribution in [0.5, 0.6) is 5.88 Å². The first-order valence-electron chi connectivity index (χ1n) is 11.2. The Kier molecular flexibility index (Phi) is 6.07. The van der Waals surface area contributed by atoms with E-state index in [4.69, 9.17) is 21.1 Å². The highest BCUT2D eigenvalue weighted by Crippen LogP contribution is 2.35. The van der Waals surface area contributed by atoms with E-state index < -0.39 is 23.1 Å². The van der Waals surface area contributed by atoms with Crippen molar-refractivity contribution in [3.8, 4) is 5.88 Å². The van der Waals surface area contributed by atoms with Gasteiger partial charge in [-0.1, -0.05) is 11.6 Å². The van der Waals surface area contributed by atoms with E-state index in [1.165, 1.54) is 0 Å². The third kappa shape index (κ3) is 4.28. The monoisotopic (exact) mass is 480 g/mol. The first-order valence-corrected chi connectivity index (χ1v) is 11.6. The quantitative estimate of drug-likeness (QED) is 0.648. The number of piperazine rings is 1. The number of aryl methyl sites for hydroxylation is 2. The van der Waals surface area contributed by atoms with Gasteiger partial charge in [0.2, 0.25) is 5.88 Å². The number of nitrogens with one attached hydrogen (secondary N) is 2. The average Bonchev–Trinajstić information content (AvgIpc) is 3.00. The second-order valence-corrected chi connectivity index (χ2v) is 10.3. The molecule has 2 unspecified atom stereocenters. The Hall–Kier alpha value is -2.39. The van der Waals surface area contributed by atoms with Crippen LogP contribution in [0, 0.1) is 19.7 Å². The van der Waals surface area contributed by atoms with Crippen LogP contribution in [0.3, 0.4) is 0 Å². The van der Waals surface area contributed by atoms with Crippen molar-refractivity contribution in [3.63, 3.8) is 0 Å². The van der Waals surface area contributed by atoms with Crippen molar-refractivity contribution in [3.05, 3.63) is 32.6 Å². The lowest BCUT2D eigenvalue weighted by molar-refractivity contribution is -0.00492. The molecule has 180 valence electrons. The highest BCUT2D eigenvalue weighted by molar-refractivity contribution is 6.30. The van der Waals surface area contributed by atoms with Crippen LogP contribution < -0.4 is 15.6 Å². The fourth-order valence-corrected chi connectivity index (χ4v) is 5.05. The fourth-order valence-electron chi connectivity index (χ4n) is 4.88. The number of hydrogen-bond acceptors (Lipinski definition) is 6. The van der Waals surface area contributed by atoms with Crippen molar-refractivity contribution in [2.24, 2.45) is 0 Å². The fraction of sp³-hybridized carbons (Fsp3) is 0.609. The van der Waals surface area contributed by atoms with Crippen LogP contribution in [0.2, 0.25) is 5.15 Å². The number of aromatic nitrogens is 2. The molecule has 2 bridgehead atoms. The molecule has 33 heavy (non-hydrogen) atoms. The van der Waals surface area contributed by atoms with Crippen molar-refractivity contribution < 1.29 is 18.7 Å². The number of hydrogen-bond donors (Lipinski definition) is 2. The van der Waals surface area contributed by atoms with Gasteiger partial charge in [0.15, 0.2) is 11.0 Å². The Morgan fingerprint density at radius 2 is 1.97 bits per heavy atom. The summed E-state index contributed by atoms with van der Waals surface area (Å²) in [6.45, 7) is 11.4. The van der Waals surface area contributed by atoms with Gasteiger partial charge in [-0.3, -0.25) is 9.69 Å². The number of carbonyl (C=O) groups excluding carboxylic acids is 1. The number of nitrogens with zero attached hydrogens (tertiary/aromatic N) is 2. The van der Waals surface area contributed by atoms with E-state index in [0.717, 1.165) is 12.8 Å². The highest BCUT2D eigenvalue weighted by Gasteiger charge is 2.48. The summed E-state index contributed by atoms with van der Waals surface area (Å²) in [6.07, 6.45) is 0.829. The molecule has 2 aromatic rings. The first-order chi connectivity index (χ1) is 15.4. The van der Waals surface area contributed by atoms with Crippen molar-refractivity contribution in [1.82, 2.24) is 20.2 Å². The van der Waals surface area contributed by atoms with Crippen molar-refractivity contribution in [2.75, 3.05) is 6.54 Å². The molecule has 10 heteroatoms. The highest BCUT2D eigenvalue weighted by atomic mass is 35.5. The molecule has 2 aliphatic rings. The predicted molar refractivity (Wildman–Crippen MR) is 124 cm³/mol. The standard InChI is InChI=1S/C23H30ClFN4O4/c1-10-11(2)27-20(30)16-15(10)17(25)19(24)28-21(16)32-12(3)18-14-8-7-13(9-26-18)29(14)22(31)33-23(4,5)6/h12-14,18,26H,7-9H2,1-6H3,(H,27,30)/t12-,13?,14-,18?/m0/s1. The summed E-state index contributed by atoms with van der Waals surface area (Å²) in [6, 6.07) is -0.318. The molecular formula is C23H30ClFN4O4. The van der Waals surface area contributed by atoms with Gasteiger partial charge in [0.1, 0.15) is 17.1 Å². The molecule has 2 N–H and O–H groups in total.